The van der Waals surface area contributed by atoms with Gasteiger partial charge in [0.15, 0.2) is 6.29 Å². The van der Waals surface area contributed by atoms with Gasteiger partial charge in [-0.25, -0.2) is 0 Å². The van der Waals surface area contributed by atoms with Crippen LogP contribution in [0.3, 0.4) is 0 Å². The average Bonchev–Trinajstić information content (AvgIpc) is 3.21. The fourth-order valence-electron chi connectivity index (χ4n) is 5.58. The Labute approximate surface area is 245 Å². The lowest BCUT2D eigenvalue weighted by atomic mass is 9.99. The van der Waals surface area contributed by atoms with E-state index in [1.807, 2.05) is 0 Å². The molecule has 0 aromatic rings. The first-order valence-electron chi connectivity index (χ1n) is 16.0. The van der Waals surface area contributed by atoms with Crippen LogP contribution in [0.4, 0.5) is 0 Å². The Balaban J connectivity index is 1.63. The summed E-state index contributed by atoms with van der Waals surface area (Å²) in [5, 5.41) is 70.5. The van der Waals surface area contributed by atoms with Gasteiger partial charge in [0.1, 0.15) is 49.3 Å². The highest BCUT2D eigenvalue weighted by molar-refractivity contribution is 4.98. The van der Waals surface area contributed by atoms with E-state index in [1.165, 1.54) is 83.5 Å². The molecule has 0 bridgehead atoms. The first-order valence-corrected chi connectivity index (χ1v) is 16.0. The Kier molecular flexibility index (Phi) is 18.4. The van der Waals surface area contributed by atoms with Gasteiger partial charge in [0.05, 0.1) is 13.2 Å². The zero-order valence-corrected chi connectivity index (χ0v) is 25.0. The van der Waals surface area contributed by atoms with Gasteiger partial charge in [-0.3, -0.25) is 0 Å². The highest BCUT2D eigenvalue weighted by atomic mass is 16.8. The molecule has 41 heavy (non-hydrogen) atoms. The highest BCUT2D eigenvalue weighted by Crippen LogP contribution is 2.36. The molecule has 2 aliphatic heterocycles. The molecule has 9 atom stereocenters. The van der Waals surface area contributed by atoms with Gasteiger partial charge in [0, 0.05) is 6.61 Å². The van der Waals surface area contributed by atoms with Crippen LogP contribution < -0.4 is 0 Å². The van der Waals surface area contributed by atoms with E-state index in [-0.39, 0.29) is 6.61 Å². The van der Waals surface area contributed by atoms with Gasteiger partial charge in [0.25, 0.3) is 0 Å². The SMILES string of the molecule is CCCCCCCCCCCCCCCCCCOC[C@@]1(O[C@H]2O[C@H](CO)[C@@H](O)[C@H](O)[C@H]2O)O[C@H](CO)[C@@H](O)[C@@H]1O. The standard InChI is InChI=1S/C30H58O11/c1-2-3-4-5-6-7-8-9-10-11-12-13-14-15-16-17-18-38-21-30(28(37)25(34)23(20-32)40-30)41-29-27(36)26(35)24(33)22(19-31)39-29/h22-29,31-37H,2-21H2,1H3/t22-,23-,24-,25-,26+,27-,28+,29-,30+/m1/s1. The molecule has 2 fully saturated rings. The predicted molar refractivity (Wildman–Crippen MR) is 152 cm³/mol. The van der Waals surface area contributed by atoms with Crippen molar-refractivity contribution in [1.82, 2.24) is 0 Å². The summed E-state index contributed by atoms with van der Waals surface area (Å²) in [6, 6.07) is 0. The van der Waals surface area contributed by atoms with Crippen molar-refractivity contribution in [3.63, 3.8) is 0 Å². The second-order valence-electron chi connectivity index (χ2n) is 11.8. The topological polar surface area (TPSA) is 179 Å². The van der Waals surface area contributed by atoms with Crippen LogP contribution in [0.15, 0.2) is 0 Å². The van der Waals surface area contributed by atoms with Crippen LogP contribution in [0.5, 0.6) is 0 Å². The molecule has 0 spiro atoms. The Morgan fingerprint density at radius 2 is 1.07 bits per heavy atom. The fourth-order valence-corrected chi connectivity index (χ4v) is 5.58. The molecule has 0 aromatic heterocycles. The number of ether oxygens (including phenoxy) is 4. The third-order valence-electron chi connectivity index (χ3n) is 8.30. The molecule has 0 unspecified atom stereocenters. The van der Waals surface area contributed by atoms with E-state index in [1.54, 1.807) is 0 Å². The Morgan fingerprint density at radius 1 is 0.585 bits per heavy atom. The number of hydrogen-bond donors (Lipinski definition) is 7. The maximum atomic E-state index is 10.7. The predicted octanol–water partition coefficient (Wildman–Crippen LogP) is 1.89. The van der Waals surface area contributed by atoms with Crippen molar-refractivity contribution < 1.29 is 54.7 Å². The molecule has 244 valence electrons. The molecule has 2 heterocycles. The van der Waals surface area contributed by atoms with Crippen molar-refractivity contribution in [1.29, 1.82) is 0 Å². The number of hydrogen-bond acceptors (Lipinski definition) is 11. The number of aliphatic hydroxyl groups excluding tert-OH is 7. The molecule has 0 saturated carbocycles. The number of rotatable bonds is 23. The summed E-state index contributed by atoms with van der Waals surface area (Å²) in [5.41, 5.74) is 0. The molecule has 0 aromatic carbocycles. The zero-order chi connectivity index (χ0) is 30.1. The molecule has 0 amide bonds. The summed E-state index contributed by atoms with van der Waals surface area (Å²) in [6.07, 6.45) is 7.92. The van der Waals surface area contributed by atoms with Crippen LogP contribution in [0.1, 0.15) is 110 Å². The van der Waals surface area contributed by atoms with E-state index >= 15 is 0 Å². The van der Waals surface area contributed by atoms with Crippen molar-refractivity contribution in [2.24, 2.45) is 0 Å². The van der Waals surface area contributed by atoms with Crippen LogP contribution in [-0.2, 0) is 18.9 Å². The molecular formula is C30H58O11. The second-order valence-corrected chi connectivity index (χ2v) is 11.8. The molecule has 2 aliphatic rings. The normalized spacial score (nSPS) is 34.0. The zero-order valence-electron chi connectivity index (χ0n) is 25.0. The minimum Gasteiger partial charge on any atom is -0.394 e. The molecule has 11 nitrogen and oxygen atoms in total. The first-order chi connectivity index (χ1) is 19.8. The molecular weight excluding hydrogens is 536 g/mol. The summed E-state index contributed by atoms with van der Waals surface area (Å²) < 4.78 is 22.5. The van der Waals surface area contributed by atoms with Crippen LogP contribution in [0.2, 0.25) is 0 Å². The van der Waals surface area contributed by atoms with E-state index in [2.05, 4.69) is 6.92 Å². The van der Waals surface area contributed by atoms with Crippen LogP contribution >= 0.6 is 0 Å². The van der Waals surface area contributed by atoms with Crippen molar-refractivity contribution in [3.05, 3.63) is 0 Å². The van der Waals surface area contributed by atoms with E-state index < -0.39 is 68.0 Å². The second kappa shape index (κ2) is 20.5. The summed E-state index contributed by atoms with van der Waals surface area (Å²) in [6.45, 7) is 1.00. The van der Waals surface area contributed by atoms with E-state index in [9.17, 15) is 35.7 Å². The lowest BCUT2D eigenvalue weighted by Gasteiger charge is -2.43. The molecule has 11 heteroatoms. The Morgan fingerprint density at radius 3 is 1.54 bits per heavy atom. The summed E-state index contributed by atoms with van der Waals surface area (Å²) in [7, 11) is 0. The van der Waals surface area contributed by atoms with Crippen LogP contribution in [0, 0.1) is 0 Å². The monoisotopic (exact) mass is 594 g/mol. The third-order valence-corrected chi connectivity index (χ3v) is 8.30. The smallest absolute Gasteiger partial charge is 0.224 e. The first kappa shape index (κ1) is 36.8. The fraction of sp³-hybridized carbons (Fsp3) is 1.00. The van der Waals surface area contributed by atoms with E-state index in [0.717, 1.165) is 19.3 Å². The summed E-state index contributed by atoms with van der Waals surface area (Å²) >= 11 is 0. The average molecular weight is 595 g/mol. The summed E-state index contributed by atoms with van der Waals surface area (Å²) in [4.78, 5) is 0. The lowest BCUT2D eigenvalue weighted by Crippen LogP contribution is -2.62. The maximum Gasteiger partial charge on any atom is 0.224 e. The van der Waals surface area contributed by atoms with Gasteiger partial charge < -0.3 is 54.7 Å². The van der Waals surface area contributed by atoms with Crippen molar-refractivity contribution in [3.8, 4) is 0 Å². The highest BCUT2D eigenvalue weighted by Gasteiger charge is 2.58. The van der Waals surface area contributed by atoms with Crippen molar-refractivity contribution in [2.75, 3.05) is 26.4 Å². The molecule has 7 N–H and O–H groups in total. The minimum absolute atomic E-state index is 0.338. The van der Waals surface area contributed by atoms with Gasteiger partial charge in [-0.1, -0.05) is 103 Å². The van der Waals surface area contributed by atoms with E-state index in [4.69, 9.17) is 18.9 Å². The van der Waals surface area contributed by atoms with Gasteiger partial charge in [-0.15, -0.1) is 0 Å². The summed E-state index contributed by atoms with van der Waals surface area (Å²) in [5.74, 6) is -2.00. The van der Waals surface area contributed by atoms with E-state index in [0.29, 0.717) is 6.61 Å². The third kappa shape index (κ3) is 11.9. The van der Waals surface area contributed by atoms with Gasteiger partial charge in [-0.05, 0) is 6.42 Å². The quantitative estimate of drug-likeness (QED) is 0.0859. The van der Waals surface area contributed by atoms with Crippen molar-refractivity contribution >= 4 is 0 Å². The molecule has 2 saturated heterocycles. The number of aliphatic hydroxyl groups is 7. The molecule has 2 rings (SSSR count). The van der Waals surface area contributed by atoms with Crippen LogP contribution in [-0.4, -0.2) is 117 Å². The minimum atomic E-state index is -2.00. The Hall–Kier alpha value is -0.440. The van der Waals surface area contributed by atoms with Crippen LogP contribution in [0.25, 0.3) is 0 Å². The Bertz CT molecular complexity index is 654. The maximum absolute atomic E-state index is 10.7. The molecule has 0 aliphatic carbocycles. The van der Waals surface area contributed by atoms with Gasteiger partial charge >= 0.3 is 0 Å². The van der Waals surface area contributed by atoms with Crippen molar-refractivity contribution in [2.45, 2.75) is 164 Å². The van der Waals surface area contributed by atoms with Gasteiger partial charge in [-0.2, -0.15) is 0 Å². The molecule has 0 radical (unpaired) electrons. The lowest BCUT2D eigenvalue weighted by molar-refractivity contribution is -0.385. The van der Waals surface area contributed by atoms with Gasteiger partial charge in [0.2, 0.25) is 5.79 Å². The number of unbranched alkanes of at least 4 members (excludes halogenated alkanes) is 15. The largest absolute Gasteiger partial charge is 0.394 e.